The van der Waals surface area contributed by atoms with Crippen molar-refractivity contribution in [3.05, 3.63) is 33.8 Å². The van der Waals surface area contributed by atoms with Crippen LogP contribution >= 0.6 is 11.3 Å². The van der Waals surface area contributed by atoms with Gasteiger partial charge in [-0.2, -0.15) is 9.98 Å². The van der Waals surface area contributed by atoms with Gasteiger partial charge in [0, 0.05) is 19.3 Å². The quantitative estimate of drug-likeness (QED) is 0.610. The number of halogens is 2. The molecule has 0 spiro atoms. The Hall–Kier alpha value is -2.53. The predicted molar refractivity (Wildman–Crippen MR) is 110 cm³/mol. The van der Waals surface area contributed by atoms with Crippen molar-refractivity contribution >= 4 is 33.0 Å². The number of amides is 1. The van der Waals surface area contributed by atoms with Crippen molar-refractivity contribution in [1.29, 1.82) is 5.26 Å². The fourth-order valence-electron chi connectivity index (χ4n) is 3.53. The van der Waals surface area contributed by atoms with E-state index in [0.29, 0.717) is 35.4 Å². The minimum atomic E-state index is -3.96. The molecule has 13 heteroatoms. The van der Waals surface area contributed by atoms with Crippen LogP contribution in [0.4, 0.5) is 14.5 Å². The maximum atomic E-state index is 13.1. The van der Waals surface area contributed by atoms with E-state index in [0.717, 1.165) is 0 Å². The van der Waals surface area contributed by atoms with Crippen molar-refractivity contribution in [2.75, 3.05) is 25.2 Å². The van der Waals surface area contributed by atoms with Gasteiger partial charge in [-0.1, -0.05) is 11.3 Å². The number of nitrogens with zero attached hydrogens (tertiary/aromatic N) is 4. The van der Waals surface area contributed by atoms with Gasteiger partial charge in [0.2, 0.25) is 15.9 Å². The number of ether oxygens (including phenoxy) is 1. The van der Waals surface area contributed by atoms with E-state index in [9.17, 15) is 27.3 Å². The topological polar surface area (TPSA) is 125 Å². The lowest BCUT2D eigenvalue weighted by atomic mass is 9.92. The van der Waals surface area contributed by atoms with Crippen LogP contribution in [-0.4, -0.2) is 50.3 Å². The molecule has 2 heterocycles. The van der Waals surface area contributed by atoms with Gasteiger partial charge < -0.3 is 9.64 Å². The average molecular weight is 484 g/mol. The summed E-state index contributed by atoms with van der Waals surface area (Å²) in [6.07, 6.45) is -1.83. The fourth-order valence-corrected chi connectivity index (χ4v) is 5.75. The van der Waals surface area contributed by atoms with Gasteiger partial charge in [0.05, 0.1) is 23.5 Å². The summed E-state index contributed by atoms with van der Waals surface area (Å²) in [5.74, 6) is -1.22. The average Bonchev–Trinajstić information content (AvgIpc) is 3.34. The molecule has 1 aromatic heterocycles. The molecule has 1 atom stereocenters. The van der Waals surface area contributed by atoms with Gasteiger partial charge in [0.15, 0.2) is 5.01 Å². The Morgan fingerprint density at radius 3 is 2.75 bits per heavy atom. The molecule has 170 valence electrons. The number of alkyl halides is 2. The summed E-state index contributed by atoms with van der Waals surface area (Å²) in [6.45, 7) is 0.420. The molecule has 4 rings (SSSR count). The van der Waals surface area contributed by atoms with Crippen molar-refractivity contribution < 1.29 is 26.7 Å². The monoisotopic (exact) mass is 483 g/mol. The lowest BCUT2D eigenvalue weighted by molar-refractivity contribution is -0.120. The van der Waals surface area contributed by atoms with E-state index in [1.165, 1.54) is 30.2 Å². The predicted octanol–water partition coefficient (Wildman–Crippen LogP) is 2.13. The Kier molecular flexibility index (Phi) is 5.97. The summed E-state index contributed by atoms with van der Waals surface area (Å²) in [7, 11) is -2.48. The molecule has 1 fully saturated rings. The Morgan fingerprint density at radius 2 is 2.16 bits per heavy atom. The first-order valence-corrected chi connectivity index (χ1v) is 12.0. The van der Waals surface area contributed by atoms with Crippen molar-refractivity contribution in [2.24, 2.45) is 0 Å². The molecule has 1 saturated carbocycles. The highest BCUT2D eigenvalue weighted by atomic mass is 32.2. The first kappa shape index (κ1) is 22.7. The lowest BCUT2D eigenvalue weighted by Crippen LogP contribution is -2.42. The molecule has 0 saturated heterocycles. The van der Waals surface area contributed by atoms with Crippen LogP contribution in [0.1, 0.15) is 40.8 Å². The second-order valence-electron chi connectivity index (χ2n) is 7.61. The van der Waals surface area contributed by atoms with Crippen molar-refractivity contribution in [3.63, 3.8) is 0 Å². The number of nitrogens with one attached hydrogen (secondary N) is 1. The molecule has 32 heavy (non-hydrogen) atoms. The molecule has 2 aromatic rings. The minimum Gasteiger partial charge on any atom is -0.383 e. The van der Waals surface area contributed by atoms with E-state index in [1.54, 1.807) is 0 Å². The first-order valence-electron chi connectivity index (χ1n) is 9.69. The van der Waals surface area contributed by atoms with E-state index < -0.39 is 32.9 Å². The zero-order valence-corrected chi connectivity index (χ0v) is 18.5. The Balaban J connectivity index is 1.71. The number of anilines is 1. The minimum absolute atomic E-state index is 0.0388. The van der Waals surface area contributed by atoms with Crippen LogP contribution in [0.3, 0.4) is 0 Å². The van der Waals surface area contributed by atoms with Gasteiger partial charge in [-0.15, -0.1) is 10.2 Å². The number of sulfonamides is 1. The van der Waals surface area contributed by atoms with Crippen LogP contribution in [-0.2, 0) is 26.0 Å². The van der Waals surface area contributed by atoms with Crippen LogP contribution in [0, 0.1) is 11.3 Å². The highest BCUT2D eigenvalue weighted by Crippen LogP contribution is 2.40. The van der Waals surface area contributed by atoms with Gasteiger partial charge in [0.1, 0.15) is 10.5 Å². The molecule has 1 N–H and O–H groups in total. The van der Waals surface area contributed by atoms with Crippen molar-refractivity contribution in [2.45, 2.75) is 42.0 Å². The van der Waals surface area contributed by atoms with Crippen LogP contribution in [0.25, 0.3) is 0 Å². The summed E-state index contributed by atoms with van der Waals surface area (Å²) >= 11 is 0.663. The SMILES string of the molecule is COCCN1C(=O)C(c2nnc(C(F)F)s2)Cc2cc(S(=O)(=O)NC3(C#N)CC3)ccc21. The molecule has 2 aliphatic rings. The largest absolute Gasteiger partial charge is 0.383 e. The third-order valence-electron chi connectivity index (χ3n) is 5.39. The maximum Gasteiger partial charge on any atom is 0.291 e. The van der Waals surface area contributed by atoms with Gasteiger partial charge in [-0.05, 0) is 43.0 Å². The number of fused-ring (bicyclic) bond motifs is 1. The molecule has 1 aliphatic heterocycles. The van der Waals surface area contributed by atoms with E-state index in [-0.39, 0.29) is 35.4 Å². The number of carbonyl (C=O) groups is 1. The summed E-state index contributed by atoms with van der Waals surface area (Å²) in [4.78, 5) is 14.5. The standard InChI is InChI=1S/C19H19F2N5O4S2/c1-30-7-6-26-14-3-2-12(32(28,29)25-19(10-22)4-5-19)8-11(14)9-13(18(26)27)16-23-24-17(31-16)15(20)21/h2-3,8,13,15,25H,4-7,9H2,1H3. The molecule has 0 bridgehead atoms. The summed E-state index contributed by atoms with van der Waals surface area (Å²) in [5.41, 5.74) is -0.0119. The summed E-state index contributed by atoms with van der Waals surface area (Å²) in [5, 5.41) is 16.1. The Bertz CT molecular complexity index is 1190. The lowest BCUT2D eigenvalue weighted by Gasteiger charge is -2.33. The number of carbonyl (C=O) groups excluding carboxylic acids is 1. The van der Waals surface area contributed by atoms with Gasteiger partial charge in [-0.3, -0.25) is 4.79 Å². The number of nitriles is 1. The van der Waals surface area contributed by atoms with Crippen molar-refractivity contribution in [1.82, 2.24) is 14.9 Å². The van der Waals surface area contributed by atoms with Gasteiger partial charge in [-0.25, -0.2) is 17.2 Å². The van der Waals surface area contributed by atoms with E-state index in [1.807, 2.05) is 6.07 Å². The van der Waals surface area contributed by atoms with E-state index >= 15 is 0 Å². The molecule has 1 aromatic carbocycles. The third-order valence-corrected chi connectivity index (χ3v) is 7.97. The highest BCUT2D eigenvalue weighted by molar-refractivity contribution is 7.89. The molecule has 0 radical (unpaired) electrons. The molecular weight excluding hydrogens is 464 g/mol. The van der Waals surface area contributed by atoms with Gasteiger partial charge >= 0.3 is 0 Å². The van der Waals surface area contributed by atoms with Crippen LogP contribution in [0.2, 0.25) is 0 Å². The number of methoxy groups -OCH3 is 1. The first-order chi connectivity index (χ1) is 15.2. The number of hydrogen-bond donors (Lipinski definition) is 1. The summed E-state index contributed by atoms with van der Waals surface area (Å²) < 4.78 is 59.1. The van der Waals surface area contributed by atoms with E-state index in [4.69, 9.17) is 4.74 Å². The van der Waals surface area contributed by atoms with Crippen LogP contribution in [0.15, 0.2) is 23.1 Å². The van der Waals surface area contributed by atoms with Crippen LogP contribution < -0.4 is 9.62 Å². The Morgan fingerprint density at radius 1 is 1.41 bits per heavy atom. The molecule has 9 nitrogen and oxygen atoms in total. The third kappa shape index (κ3) is 4.23. The number of rotatable bonds is 8. The second kappa shape index (κ2) is 8.43. The van der Waals surface area contributed by atoms with Gasteiger partial charge in [0.25, 0.3) is 6.43 Å². The number of benzene rings is 1. The fraction of sp³-hybridized carbons (Fsp3) is 0.474. The summed E-state index contributed by atoms with van der Waals surface area (Å²) in [6, 6.07) is 6.34. The van der Waals surface area contributed by atoms with Crippen LogP contribution in [0.5, 0.6) is 0 Å². The smallest absolute Gasteiger partial charge is 0.291 e. The molecule has 1 amide bonds. The molecule has 1 unspecified atom stereocenters. The second-order valence-corrected chi connectivity index (χ2v) is 10.3. The Labute approximate surface area is 187 Å². The van der Waals surface area contributed by atoms with Crippen molar-refractivity contribution in [3.8, 4) is 6.07 Å². The molecule has 1 aliphatic carbocycles. The number of hydrogen-bond acceptors (Lipinski definition) is 8. The van der Waals surface area contributed by atoms with E-state index in [2.05, 4.69) is 14.9 Å². The normalized spacial score (nSPS) is 19.7. The maximum absolute atomic E-state index is 13.1. The zero-order valence-electron chi connectivity index (χ0n) is 16.9. The number of aromatic nitrogens is 2. The zero-order chi connectivity index (χ0) is 23.1. The molecular formula is C19H19F2N5O4S2. The highest BCUT2D eigenvalue weighted by Gasteiger charge is 2.47.